The van der Waals surface area contributed by atoms with E-state index in [1.54, 1.807) is 26.0 Å². The van der Waals surface area contributed by atoms with Gasteiger partial charge in [0.05, 0.1) is 34.3 Å². The quantitative estimate of drug-likeness (QED) is 0.439. The number of nitrogens with zero attached hydrogens (tertiary/aromatic N) is 6. The van der Waals surface area contributed by atoms with E-state index in [1.165, 1.54) is 42.2 Å². The van der Waals surface area contributed by atoms with Crippen molar-refractivity contribution in [2.75, 3.05) is 0 Å². The van der Waals surface area contributed by atoms with Crippen molar-refractivity contribution in [3.63, 3.8) is 0 Å². The van der Waals surface area contributed by atoms with Gasteiger partial charge in [0.2, 0.25) is 0 Å². The lowest BCUT2D eigenvalue weighted by Gasteiger charge is -2.20. The maximum atomic E-state index is 13.5. The summed E-state index contributed by atoms with van der Waals surface area (Å²) in [6.07, 6.45) is -1.82. The average Bonchev–Trinajstić information content (AvgIpc) is 3.28. The number of rotatable bonds is 4. The molecule has 11 heteroatoms. The van der Waals surface area contributed by atoms with Gasteiger partial charge in [-0.3, -0.25) is 13.9 Å². The van der Waals surface area contributed by atoms with Crippen LogP contribution in [0, 0.1) is 18.3 Å². The van der Waals surface area contributed by atoms with Gasteiger partial charge >= 0.3 is 11.9 Å². The molecule has 0 fully saturated rings. The summed E-state index contributed by atoms with van der Waals surface area (Å²) in [4.78, 5) is 31.1. The summed E-state index contributed by atoms with van der Waals surface area (Å²) in [6.45, 7) is 4.77. The summed E-state index contributed by atoms with van der Waals surface area (Å²) in [7, 11) is 0. The normalized spacial score (nSPS) is 11.6. The van der Waals surface area contributed by atoms with Crippen molar-refractivity contribution in [2.45, 2.75) is 33.0 Å². The van der Waals surface area contributed by atoms with E-state index in [-0.39, 0.29) is 16.9 Å². The third-order valence-electron chi connectivity index (χ3n) is 5.47. The molecule has 4 aromatic rings. The first-order valence-electron chi connectivity index (χ1n) is 10.5. The van der Waals surface area contributed by atoms with Crippen LogP contribution in [0.3, 0.4) is 0 Å². The zero-order chi connectivity index (χ0) is 25.5. The molecule has 0 saturated heterocycles. The molecule has 0 saturated carbocycles. The molecule has 0 amide bonds. The summed E-state index contributed by atoms with van der Waals surface area (Å²) in [6, 6.07) is 10.4. The summed E-state index contributed by atoms with van der Waals surface area (Å²) < 4.78 is 43.6. The molecule has 0 aliphatic heterocycles. The number of benzene rings is 1. The second-order valence-electron chi connectivity index (χ2n) is 8.04. The van der Waals surface area contributed by atoms with Gasteiger partial charge in [0.1, 0.15) is 6.07 Å². The van der Waals surface area contributed by atoms with Crippen LogP contribution in [0.2, 0.25) is 0 Å². The molecule has 0 aliphatic carbocycles. The first-order valence-corrected chi connectivity index (χ1v) is 10.5. The van der Waals surface area contributed by atoms with Gasteiger partial charge in [-0.2, -0.15) is 23.5 Å². The third kappa shape index (κ3) is 4.14. The van der Waals surface area contributed by atoms with E-state index in [0.717, 1.165) is 21.3 Å². The van der Waals surface area contributed by atoms with E-state index < -0.39 is 29.0 Å². The van der Waals surface area contributed by atoms with Crippen LogP contribution < -0.4 is 11.2 Å². The van der Waals surface area contributed by atoms with Gasteiger partial charge in [-0.1, -0.05) is 6.07 Å². The van der Waals surface area contributed by atoms with E-state index in [2.05, 4.69) is 10.1 Å². The molecule has 0 bridgehead atoms. The molecule has 0 unspecified atom stereocenters. The van der Waals surface area contributed by atoms with Gasteiger partial charge < -0.3 is 0 Å². The Morgan fingerprint density at radius 1 is 1.09 bits per heavy atom. The predicted octanol–water partition coefficient (Wildman–Crippen LogP) is 4.03. The fourth-order valence-corrected chi connectivity index (χ4v) is 3.85. The number of hydrogen-bond acceptors (Lipinski definition) is 5. The second-order valence-corrected chi connectivity index (χ2v) is 8.04. The number of pyridine rings is 1. The lowest BCUT2D eigenvalue weighted by Crippen LogP contribution is -2.42. The summed E-state index contributed by atoms with van der Waals surface area (Å²) in [5, 5.41) is 13.3. The maximum Gasteiger partial charge on any atom is 0.416 e. The van der Waals surface area contributed by atoms with E-state index in [9.17, 15) is 22.8 Å². The largest absolute Gasteiger partial charge is 0.416 e. The number of alkyl halides is 3. The minimum Gasteiger partial charge on any atom is -0.268 e. The molecule has 0 radical (unpaired) electrons. The highest BCUT2D eigenvalue weighted by molar-refractivity contribution is 5.64. The molecule has 178 valence electrons. The Balaban J connectivity index is 2.04. The van der Waals surface area contributed by atoms with Crippen LogP contribution in [-0.4, -0.2) is 23.9 Å². The van der Waals surface area contributed by atoms with Crippen LogP contribution in [0.25, 0.3) is 22.8 Å². The molecule has 35 heavy (non-hydrogen) atoms. The van der Waals surface area contributed by atoms with Crippen molar-refractivity contribution in [1.29, 1.82) is 5.26 Å². The van der Waals surface area contributed by atoms with Gasteiger partial charge in [-0.05, 0) is 57.2 Å². The van der Waals surface area contributed by atoms with Crippen molar-refractivity contribution in [3.8, 4) is 28.8 Å². The summed E-state index contributed by atoms with van der Waals surface area (Å²) in [5.74, 6) is 0.315. The topological polar surface area (TPSA) is 98.5 Å². The molecule has 1 aromatic carbocycles. The molecule has 4 rings (SSSR count). The van der Waals surface area contributed by atoms with E-state index in [0.29, 0.717) is 17.1 Å². The minimum absolute atomic E-state index is 0.0273. The monoisotopic (exact) mass is 480 g/mol. The van der Waals surface area contributed by atoms with Crippen LogP contribution in [0.15, 0.2) is 64.4 Å². The van der Waals surface area contributed by atoms with Gasteiger partial charge in [0.15, 0.2) is 5.82 Å². The van der Waals surface area contributed by atoms with Crippen LogP contribution >= 0.6 is 0 Å². The van der Waals surface area contributed by atoms with Crippen LogP contribution in [0.4, 0.5) is 13.2 Å². The fourth-order valence-electron chi connectivity index (χ4n) is 3.85. The summed E-state index contributed by atoms with van der Waals surface area (Å²) >= 11 is 0. The van der Waals surface area contributed by atoms with E-state index in [4.69, 9.17) is 5.26 Å². The van der Waals surface area contributed by atoms with E-state index in [1.807, 2.05) is 6.07 Å². The molecule has 0 aliphatic rings. The lowest BCUT2D eigenvalue weighted by molar-refractivity contribution is -0.137. The van der Waals surface area contributed by atoms with Gasteiger partial charge in [0.25, 0.3) is 5.56 Å². The Bertz CT molecular complexity index is 1570. The Labute approximate surface area is 197 Å². The highest BCUT2D eigenvalue weighted by Gasteiger charge is 2.31. The third-order valence-corrected chi connectivity index (χ3v) is 5.47. The van der Waals surface area contributed by atoms with Crippen LogP contribution in [0.1, 0.15) is 36.7 Å². The van der Waals surface area contributed by atoms with Gasteiger partial charge in [-0.25, -0.2) is 14.5 Å². The maximum absolute atomic E-state index is 13.5. The Hall–Kier alpha value is -4.46. The number of nitriles is 1. The van der Waals surface area contributed by atoms with Crippen molar-refractivity contribution in [1.82, 2.24) is 23.9 Å². The molecular weight excluding hydrogens is 461 g/mol. The smallest absolute Gasteiger partial charge is 0.268 e. The minimum atomic E-state index is -4.61. The Kier molecular flexibility index (Phi) is 5.90. The number of halogens is 3. The van der Waals surface area contributed by atoms with Crippen molar-refractivity contribution in [2.24, 2.45) is 0 Å². The second kappa shape index (κ2) is 8.72. The van der Waals surface area contributed by atoms with Gasteiger partial charge in [-0.15, -0.1) is 0 Å². The molecular formula is C24H19F3N6O2. The predicted molar refractivity (Wildman–Crippen MR) is 121 cm³/mol. The molecule has 3 aromatic heterocycles. The van der Waals surface area contributed by atoms with Crippen LogP contribution in [0.5, 0.6) is 0 Å². The van der Waals surface area contributed by atoms with Crippen molar-refractivity contribution >= 4 is 0 Å². The molecule has 0 atom stereocenters. The zero-order valence-electron chi connectivity index (χ0n) is 18.9. The highest BCUT2D eigenvalue weighted by atomic mass is 19.4. The first-order chi connectivity index (χ1) is 16.5. The van der Waals surface area contributed by atoms with Crippen molar-refractivity contribution < 1.29 is 13.2 Å². The molecule has 3 heterocycles. The lowest BCUT2D eigenvalue weighted by atomic mass is 10.1. The molecule has 0 spiro atoms. The standard InChI is InChI=1S/C24H19F3N6O2/c1-14(2)31-22(34)21(19-9-10-30-33(19)20-8-7-16(12-28)13-29-20)15(3)32(23(31)35)18-6-4-5-17(11-18)24(25,26)27/h4-11,13-14H,1-3H3. The Morgan fingerprint density at radius 3 is 2.43 bits per heavy atom. The fraction of sp³-hybridized carbons (Fsp3) is 0.208. The zero-order valence-corrected chi connectivity index (χ0v) is 18.9. The van der Waals surface area contributed by atoms with Crippen LogP contribution in [-0.2, 0) is 6.18 Å². The average molecular weight is 480 g/mol. The first kappa shape index (κ1) is 23.7. The van der Waals surface area contributed by atoms with Crippen molar-refractivity contribution in [3.05, 3.63) is 92.5 Å². The SMILES string of the molecule is Cc1c(-c2ccnn2-c2ccc(C#N)cn2)c(=O)n(C(C)C)c(=O)n1-c1cccc(C(F)(F)F)c1. The number of hydrogen-bond donors (Lipinski definition) is 0. The molecule has 0 N–H and O–H groups in total. The van der Waals surface area contributed by atoms with E-state index >= 15 is 0 Å². The highest BCUT2D eigenvalue weighted by Crippen LogP contribution is 2.31. The molecule has 8 nitrogen and oxygen atoms in total. The summed E-state index contributed by atoms with van der Waals surface area (Å²) in [5.41, 5.74) is -1.46. The Morgan fingerprint density at radius 2 is 1.83 bits per heavy atom. The number of aromatic nitrogens is 5. The van der Waals surface area contributed by atoms with Gasteiger partial charge in [0, 0.05) is 17.9 Å².